The smallest absolute Gasteiger partial charge is 0.266 e. The predicted octanol–water partition coefficient (Wildman–Crippen LogP) is 3.09. The molecule has 42 heavy (non-hydrogen) atoms. The molecule has 3 aromatic rings. The Balaban J connectivity index is 1.53. The fourth-order valence-electron chi connectivity index (χ4n) is 4.65. The molecule has 224 valence electrons. The molecule has 0 aliphatic carbocycles. The van der Waals surface area contributed by atoms with Gasteiger partial charge in [0.25, 0.3) is 5.91 Å². The second kappa shape index (κ2) is 14.3. The highest BCUT2D eigenvalue weighted by Gasteiger charge is 2.50. The van der Waals surface area contributed by atoms with Gasteiger partial charge in [0, 0.05) is 25.1 Å². The molecule has 1 amide bonds. The Kier molecular flexibility index (Phi) is 10.6. The fourth-order valence-corrected chi connectivity index (χ4v) is 6.03. The molecule has 0 saturated carbocycles. The van der Waals surface area contributed by atoms with E-state index in [-0.39, 0.29) is 29.6 Å². The highest BCUT2D eigenvalue weighted by molar-refractivity contribution is 7.91. The number of sulfone groups is 1. The lowest BCUT2D eigenvalue weighted by molar-refractivity contribution is -0.129. The summed E-state index contributed by atoms with van der Waals surface area (Å²) in [6, 6.07) is 22.8. The summed E-state index contributed by atoms with van der Waals surface area (Å²) < 4.78 is 43.4. The Hall–Kier alpha value is -3.93. The number of hydrazine groups is 1. The number of aliphatic imine (C=N–C) groups is 1. The van der Waals surface area contributed by atoms with Crippen LogP contribution in [0.4, 0.5) is 0 Å². The molecule has 3 aromatic carbocycles. The van der Waals surface area contributed by atoms with E-state index in [4.69, 9.17) is 24.3 Å². The van der Waals surface area contributed by atoms with Crippen LogP contribution in [0.15, 0.2) is 88.8 Å². The van der Waals surface area contributed by atoms with Crippen molar-refractivity contribution in [1.29, 1.82) is 0 Å². The van der Waals surface area contributed by atoms with Gasteiger partial charge in [-0.15, -0.1) is 0 Å². The minimum Gasteiger partial charge on any atom is -0.496 e. The van der Waals surface area contributed by atoms with Gasteiger partial charge in [-0.2, -0.15) is 0 Å². The van der Waals surface area contributed by atoms with Gasteiger partial charge in [0.05, 0.1) is 24.4 Å². The number of ether oxygens (including phenoxy) is 3. The molecule has 0 aromatic heterocycles. The maximum Gasteiger partial charge on any atom is 0.266 e. The van der Waals surface area contributed by atoms with Crippen molar-refractivity contribution in [3.63, 3.8) is 0 Å². The van der Waals surface area contributed by atoms with Gasteiger partial charge in [-0.3, -0.25) is 10.2 Å². The zero-order chi connectivity index (χ0) is 30.0. The van der Waals surface area contributed by atoms with Crippen LogP contribution in [0.3, 0.4) is 0 Å². The van der Waals surface area contributed by atoms with E-state index in [9.17, 15) is 13.2 Å². The van der Waals surface area contributed by atoms with Crippen LogP contribution in [0.2, 0.25) is 0 Å². The lowest BCUT2D eigenvalue weighted by atomic mass is 9.90. The minimum atomic E-state index is -3.68. The van der Waals surface area contributed by atoms with E-state index in [1.165, 1.54) is 12.1 Å². The number of benzene rings is 3. The number of rotatable bonds is 15. The molecular weight excluding hydrogens is 558 g/mol. The molecule has 0 fully saturated rings. The summed E-state index contributed by atoms with van der Waals surface area (Å²) in [6.07, 6.45) is 0.283. The second-order valence-electron chi connectivity index (χ2n) is 9.88. The van der Waals surface area contributed by atoms with Gasteiger partial charge in [-0.1, -0.05) is 36.4 Å². The molecule has 0 saturated heterocycles. The number of nitrogens with one attached hydrogen (secondary N) is 2. The van der Waals surface area contributed by atoms with Crippen molar-refractivity contribution in [3.05, 3.63) is 90.0 Å². The molecule has 10 nitrogen and oxygen atoms in total. The number of aliphatic hydroxyl groups is 1. The van der Waals surface area contributed by atoms with Gasteiger partial charge in [-0.05, 0) is 67.8 Å². The SMILES string of the molecule is COc1ccccc1CCNNC(=O)[C@@]1(CCS(=O)(=O)c2ccccc2)N=C(c2ccc(OCCCO)cc2)O[C@H]1C. The van der Waals surface area contributed by atoms with E-state index in [1.807, 2.05) is 24.3 Å². The van der Waals surface area contributed by atoms with Crippen LogP contribution in [0, 0.1) is 0 Å². The molecule has 2 atom stereocenters. The Morgan fingerprint density at radius 2 is 1.76 bits per heavy atom. The van der Waals surface area contributed by atoms with Crippen molar-refractivity contribution in [2.24, 2.45) is 4.99 Å². The van der Waals surface area contributed by atoms with Crippen LogP contribution < -0.4 is 20.3 Å². The lowest BCUT2D eigenvalue weighted by Crippen LogP contribution is -2.55. The zero-order valence-corrected chi connectivity index (χ0v) is 24.6. The third-order valence-corrected chi connectivity index (χ3v) is 8.83. The molecule has 0 unspecified atom stereocenters. The van der Waals surface area contributed by atoms with E-state index in [0.29, 0.717) is 37.3 Å². The first-order chi connectivity index (χ1) is 20.3. The van der Waals surface area contributed by atoms with Crippen molar-refractivity contribution in [3.8, 4) is 11.5 Å². The van der Waals surface area contributed by atoms with Crippen molar-refractivity contribution >= 4 is 21.6 Å². The number of nitrogens with zero attached hydrogens (tertiary/aromatic N) is 1. The fraction of sp³-hybridized carbons (Fsp3) is 0.355. The molecule has 1 heterocycles. The van der Waals surface area contributed by atoms with Crippen molar-refractivity contribution in [2.75, 3.05) is 32.6 Å². The van der Waals surface area contributed by atoms with Gasteiger partial charge >= 0.3 is 0 Å². The number of amides is 1. The predicted molar refractivity (Wildman–Crippen MR) is 159 cm³/mol. The average Bonchev–Trinajstić information content (AvgIpc) is 3.36. The summed E-state index contributed by atoms with van der Waals surface area (Å²) in [5.74, 6) is 0.831. The van der Waals surface area contributed by atoms with Crippen LogP contribution in [0.25, 0.3) is 0 Å². The summed E-state index contributed by atoms with van der Waals surface area (Å²) >= 11 is 0. The summed E-state index contributed by atoms with van der Waals surface area (Å²) in [5, 5.41) is 8.96. The van der Waals surface area contributed by atoms with Gasteiger partial charge in [-0.25, -0.2) is 18.8 Å². The average molecular weight is 596 g/mol. The first kappa shape index (κ1) is 31.0. The van der Waals surface area contributed by atoms with Crippen LogP contribution in [0.1, 0.15) is 30.9 Å². The van der Waals surface area contributed by atoms with E-state index in [2.05, 4.69) is 10.9 Å². The number of para-hydroxylation sites is 1. The van der Waals surface area contributed by atoms with Crippen LogP contribution >= 0.6 is 0 Å². The third-order valence-electron chi connectivity index (χ3n) is 7.10. The Bertz CT molecular complexity index is 1460. The first-order valence-electron chi connectivity index (χ1n) is 13.8. The number of hydrogen-bond acceptors (Lipinski definition) is 9. The van der Waals surface area contributed by atoms with Crippen LogP contribution in [-0.2, 0) is 25.8 Å². The molecule has 0 bridgehead atoms. The lowest BCUT2D eigenvalue weighted by Gasteiger charge is -2.28. The summed E-state index contributed by atoms with van der Waals surface area (Å²) in [6.45, 7) is 2.55. The standard InChI is InChI=1S/C31H37N3O7S/c1-23-31(18-22-42(37,38)27-10-4-3-5-11-27,30(36)34-32-19-17-24-9-6-7-12-28(24)39-2)33-29(41-23)25-13-15-26(16-14-25)40-21-8-20-35/h3-7,9-16,23,32,35H,8,17-22H2,1-2H3,(H,34,36)/t23-,31-/m0/s1. The Morgan fingerprint density at radius 1 is 1.05 bits per heavy atom. The zero-order valence-electron chi connectivity index (χ0n) is 23.8. The summed E-state index contributed by atoms with van der Waals surface area (Å²) in [5.41, 5.74) is 5.81. The molecule has 4 rings (SSSR count). The number of carbonyl (C=O) groups is 1. The van der Waals surface area contributed by atoms with Crippen LogP contribution in [0.5, 0.6) is 11.5 Å². The van der Waals surface area contributed by atoms with E-state index in [1.54, 1.807) is 56.5 Å². The molecule has 11 heteroatoms. The van der Waals surface area contributed by atoms with Crippen molar-refractivity contribution in [1.82, 2.24) is 10.9 Å². The van der Waals surface area contributed by atoms with E-state index in [0.717, 1.165) is 11.3 Å². The maximum absolute atomic E-state index is 13.7. The molecular formula is C31H37N3O7S. The number of methoxy groups -OCH3 is 1. The summed E-state index contributed by atoms with van der Waals surface area (Å²) in [7, 11) is -2.08. The van der Waals surface area contributed by atoms with Crippen molar-refractivity contribution in [2.45, 2.75) is 42.7 Å². The topological polar surface area (TPSA) is 136 Å². The molecule has 3 N–H and O–H groups in total. The normalized spacial score (nSPS) is 18.2. The number of hydrogen-bond donors (Lipinski definition) is 3. The molecule has 0 radical (unpaired) electrons. The first-order valence-corrected chi connectivity index (χ1v) is 15.5. The van der Waals surface area contributed by atoms with Gasteiger partial charge in [0.1, 0.15) is 17.6 Å². The van der Waals surface area contributed by atoms with Gasteiger partial charge in [0.15, 0.2) is 15.4 Å². The minimum absolute atomic E-state index is 0.0417. The Morgan fingerprint density at radius 3 is 2.48 bits per heavy atom. The number of aliphatic hydroxyl groups excluding tert-OH is 1. The quantitative estimate of drug-likeness (QED) is 0.180. The van der Waals surface area contributed by atoms with Gasteiger partial charge in [0.2, 0.25) is 5.90 Å². The van der Waals surface area contributed by atoms with Gasteiger partial charge < -0.3 is 19.3 Å². The Labute approximate surface area is 246 Å². The van der Waals surface area contributed by atoms with Crippen LogP contribution in [-0.4, -0.2) is 69.6 Å². The highest BCUT2D eigenvalue weighted by Crippen LogP contribution is 2.33. The second-order valence-corrected chi connectivity index (χ2v) is 12.0. The number of carbonyl (C=O) groups excluding carboxylic acids is 1. The highest BCUT2D eigenvalue weighted by atomic mass is 32.2. The maximum atomic E-state index is 13.7. The monoisotopic (exact) mass is 595 g/mol. The molecule has 0 spiro atoms. The van der Waals surface area contributed by atoms with E-state index >= 15 is 0 Å². The van der Waals surface area contributed by atoms with Crippen molar-refractivity contribution < 1.29 is 32.5 Å². The molecule has 1 aliphatic heterocycles. The largest absolute Gasteiger partial charge is 0.496 e. The third kappa shape index (κ3) is 7.47. The van der Waals surface area contributed by atoms with E-state index < -0.39 is 27.4 Å². The molecule has 1 aliphatic rings. The summed E-state index contributed by atoms with van der Waals surface area (Å²) in [4.78, 5) is 18.6.